The van der Waals surface area contributed by atoms with Crippen LogP contribution in [-0.4, -0.2) is 36.1 Å². The number of aliphatic hydroxyl groups excluding tert-OH is 1. The minimum absolute atomic E-state index is 0.113. The number of carbonyl (C=O) groups excluding carboxylic acids is 1. The summed E-state index contributed by atoms with van der Waals surface area (Å²) in [6.45, 7) is 13.3. The molecule has 0 heterocycles. The first-order valence-electron chi connectivity index (χ1n) is 6.32. The van der Waals surface area contributed by atoms with Crippen molar-refractivity contribution in [2.45, 2.75) is 45.3 Å². The van der Waals surface area contributed by atoms with Crippen molar-refractivity contribution in [1.82, 2.24) is 5.32 Å². The van der Waals surface area contributed by atoms with Crippen LogP contribution in [0.1, 0.15) is 33.6 Å². The highest BCUT2D eigenvalue weighted by molar-refractivity contribution is 5.68. The average Bonchev–Trinajstić information content (AvgIpc) is 2.24. The van der Waals surface area contributed by atoms with Gasteiger partial charge in [-0.15, -0.1) is 6.58 Å². The number of rotatable bonds is 8. The summed E-state index contributed by atoms with van der Waals surface area (Å²) in [5, 5.41) is 12.0. The second-order valence-electron chi connectivity index (χ2n) is 5.17. The lowest BCUT2D eigenvalue weighted by Gasteiger charge is -2.23. The lowest BCUT2D eigenvalue weighted by molar-refractivity contribution is 0.0484. The van der Waals surface area contributed by atoms with Gasteiger partial charge in [0.25, 0.3) is 0 Å². The number of nitrogens with one attached hydrogen (secondary N) is 1. The fraction of sp³-hybridized carbons (Fsp3) is 0.643. The third kappa shape index (κ3) is 10.1. The Hall–Kier alpha value is -1.49. The van der Waals surface area contributed by atoms with Crippen LogP contribution in [-0.2, 0) is 9.47 Å². The molecule has 110 valence electrons. The molecule has 0 saturated carbocycles. The molecule has 0 radical (unpaired) electrons. The van der Waals surface area contributed by atoms with Gasteiger partial charge in [0.15, 0.2) is 0 Å². The molecule has 5 heteroatoms. The normalized spacial score (nSPS) is 12.6. The number of alkyl carbamates (subject to hydrolysis) is 1. The molecule has 0 saturated heterocycles. The Kier molecular flexibility index (Phi) is 7.91. The molecule has 0 aromatic carbocycles. The van der Waals surface area contributed by atoms with Crippen LogP contribution in [0.25, 0.3) is 0 Å². The Morgan fingerprint density at radius 1 is 1.42 bits per heavy atom. The number of aliphatic hydroxyl groups is 1. The van der Waals surface area contributed by atoms with Crippen molar-refractivity contribution in [2.24, 2.45) is 0 Å². The minimum atomic E-state index is -0.584. The van der Waals surface area contributed by atoms with Crippen LogP contribution in [0.2, 0.25) is 0 Å². The van der Waals surface area contributed by atoms with E-state index in [1.165, 1.54) is 0 Å². The van der Waals surface area contributed by atoms with Gasteiger partial charge in [-0.1, -0.05) is 12.7 Å². The largest absolute Gasteiger partial charge is 0.511 e. The Morgan fingerprint density at radius 3 is 2.53 bits per heavy atom. The van der Waals surface area contributed by atoms with Crippen molar-refractivity contribution in [1.29, 1.82) is 0 Å². The molecule has 2 N–H and O–H groups in total. The highest BCUT2D eigenvalue weighted by Gasteiger charge is 2.20. The third-order valence-corrected chi connectivity index (χ3v) is 2.11. The van der Waals surface area contributed by atoms with Crippen LogP contribution in [0.15, 0.2) is 25.0 Å². The predicted molar refractivity (Wildman–Crippen MR) is 75.2 cm³/mol. The monoisotopic (exact) mass is 271 g/mol. The van der Waals surface area contributed by atoms with Gasteiger partial charge in [0, 0.05) is 13.2 Å². The summed E-state index contributed by atoms with van der Waals surface area (Å²) >= 11 is 0. The van der Waals surface area contributed by atoms with E-state index in [0.717, 1.165) is 6.42 Å². The maximum absolute atomic E-state index is 11.6. The maximum atomic E-state index is 11.6. The van der Waals surface area contributed by atoms with Crippen molar-refractivity contribution in [3.63, 3.8) is 0 Å². The first-order chi connectivity index (χ1) is 8.76. The van der Waals surface area contributed by atoms with Crippen molar-refractivity contribution < 1.29 is 19.4 Å². The van der Waals surface area contributed by atoms with E-state index in [-0.39, 0.29) is 5.76 Å². The fourth-order valence-electron chi connectivity index (χ4n) is 1.24. The minimum Gasteiger partial charge on any atom is -0.511 e. The van der Waals surface area contributed by atoms with Gasteiger partial charge in [-0.25, -0.2) is 4.79 Å². The number of carbonyl (C=O) groups is 1. The summed E-state index contributed by atoms with van der Waals surface area (Å²) in [6.07, 6.45) is 2.39. The van der Waals surface area contributed by atoms with Crippen molar-refractivity contribution >= 4 is 6.09 Å². The first-order valence-corrected chi connectivity index (χ1v) is 6.32. The maximum Gasteiger partial charge on any atom is 0.408 e. The quantitative estimate of drug-likeness (QED) is 0.404. The van der Waals surface area contributed by atoms with E-state index in [2.05, 4.69) is 18.5 Å². The van der Waals surface area contributed by atoms with Crippen LogP contribution in [0.5, 0.6) is 0 Å². The lowest BCUT2D eigenvalue weighted by atomic mass is 10.2. The summed E-state index contributed by atoms with van der Waals surface area (Å²) in [7, 11) is 0. The highest BCUT2D eigenvalue weighted by atomic mass is 16.6. The van der Waals surface area contributed by atoms with Crippen LogP contribution < -0.4 is 5.32 Å². The molecule has 0 unspecified atom stereocenters. The summed E-state index contributed by atoms with van der Waals surface area (Å²) in [6, 6.07) is -0.571. The van der Waals surface area contributed by atoms with E-state index in [1.54, 1.807) is 26.8 Å². The van der Waals surface area contributed by atoms with E-state index < -0.39 is 17.7 Å². The van der Waals surface area contributed by atoms with Gasteiger partial charge in [-0.3, -0.25) is 0 Å². The van der Waals surface area contributed by atoms with E-state index in [9.17, 15) is 9.90 Å². The molecule has 0 bridgehead atoms. The molecule has 0 fully saturated rings. The van der Waals surface area contributed by atoms with Gasteiger partial charge in [-0.05, 0) is 33.6 Å². The Balaban J connectivity index is 4.08. The molecule has 0 aliphatic heterocycles. The zero-order valence-electron chi connectivity index (χ0n) is 12.1. The molecular formula is C14H25NO4. The van der Waals surface area contributed by atoms with Crippen molar-refractivity contribution in [3.8, 4) is 0 Å². The van der Waals surface area contributed by atoms with Gasteiger partial charge in [0.05, 0.1) is 6.04 Å². The standard InChI is InChI=1S/C14H25NO4/c1-6-7-9-18-10-8-12(11(2)16)15-13(17)19-14(3,4)5/h6,12,16H,1-2,7-10H2,3-5H3,(H,15,17)/t12-/m0/s1. The summed E-state index contributed by atoms with van der Waals surface area (Å²) in [5.41, 5.74) is -0.577. The van der Waals surface area contributed by atoms with E-state index in [1.807, 2.05) is 0 Å². The van der Waals surface area contributed by atoms with Gasteiger partial charge in [0.1, 0.15) is 11.4 Å². The van der Waals surface area contributed by atoms with Gasteiger partial charge < -0.3 is 19.9 Å². The Labute approximate surface area is 115 Å². The lowest BCUT2D eigenvalue weighted by Crippen LogP contribution is -2.40. The summed E-state index contributed by atoms with van der Waals surface area (Å²) in [5.74, 6) is -0.113. The fourth-order valence-corrected chi connectivity index (χ4v) is 1.24. The SMILES string of the molecule is C=CCCOCC[C@H](NC(=O)OC(C)(C)C)C(=C)O. The second kappa shape index (κ2) is 8.58. The highest BCUT2D eigenvalue weighted by Crippen LogP contribution is 2.08. The molecule has 5 nitrogen and oxygen atoms in total. The zero-order valence-corrected chi connectivity index (χ0v) is 12.1. The molecule has 0 aliphatic rings. The zero-order chi connectivity index (χ0) is 14.9. The van der Waals surface area contributed by atoms with E-state index in [0.29, 0.717) is 19.6 Å². The molecule has 1 amide bonds. The number of amides is 1. The smallest absolute Gasteiger partial charge is 0.408 e. The van der Waals surface area contributed by atoms with Crippen LogP contribution in [0, 0.1) is 0 Å². The van der Waals surface area contributed by atoms with E-state index >= 15 is 0 Å². The van der Waals surface area contributed by atoms with Crippen LogP contribution >= 0.6 is 0 Å². The van der Waals surface area contributed by atoms with Gasteiger partial charge in [0.2, 0.25) is 0 Å². The Bertz CT molecular complexity index is 307. The van der Waals surface area contributed by atoms with Crippen molar-refractivity contribution in [2.75, 3.05) is 13.2 Å². The molecular weight excluding hydrogens is 246 g/mol. The third-order valence-electron chi connectivity index (χ3n) is 2.11. The predicted octanol–water partition coefficient (Wildman–Crippen LogP) is 2.93. The topological polar surface area (TPSA) is 67.8 Å². The average molecular weight is 271 g/mol. The molecule has 0 rings (SSSR count). The van der Waals surface area contributed by atoms with Gasteiger partial charge >= 0.3 is 6.09 Å². The van der Waals surface area contributed by atoms with Crippen molar-refractivity contribution in [3.05, 3.63) is 25.0 Å². The Morgan fingerprint density at radius 2 is 2.05 bits per heavy atom. The number of hydrogen-bond acceptors (Lipinski definition) is 4. The number of hydrogen-bond donors (Lipinski definition) is 2. The molecule has 0 spiro atoms. The molecule has 0 aliphatic carbocycles. The summed E-state index contributed by atoms with van der Waals surface area (Å²) < 4.78 is 10.4. The molecule has 0 aromatic rings. The molecule has 0 aromatic heterocycles. The van der Waals surface area contributed by atoms with E-state index in [4.69, 9.17) is 9.47 Å². The molecule has 1 atom stereocenters. The second-order valence-corrected chi connectivity index (χ2v) is 5.17. The molecule has 19 heavy (non-hydrogen) atoms. The number of ether oxygens (including phenoxy) is 2. The summed E-state index contributed by atoms with van der Waals surface area (Å²) in [4.78, 5) is 11.6. The van der Waals surface area contributed by atoms with Crippen LogP contribution in [0.4, 0.5) is 4.79 Å². The first kappa shape index (κ1) is 17.5. The van der Waals surface area contributed by atoms with Crippen LogP contribution in [0.3, 0.4) is 0 Å². The van der Waals surface area contributed by atoms with Gasteiger partial charge in [-0.2, -0.15) is 0 Å².